The largest absolute Gasteiger partial charge is 0.334 e. The molecule has 2 nitrogen and oxygen atoms in total. The maximum absolute atomic E-state index is 12.5. The number of hydrogen-bond acceptors (Lipinski definition) is 2. The molecule has 2 aliphatic rings. The molecule has 2 heterocycles. The number of likely N-dealkylation sites (tertiary alicyclic amines) is 1. The Morgan fingerprint density at radius 3 is 3.00 bits per heavy atom. The summed E-state index contributed by atoms with van der Waals surface area (Å²) in [5.41, 5.74) is 1.43. The van der Waals surface area contributed by atoms with Crippen LogP contribution in [0.5, 0.6) is 0 Å². The molecule has 98 valence electrons. The molecule has 1 fully saturated rings. The summed E-state index contributed by atoms with van der Waals surface area (Å²) < 4.78 is 0. The van der Waals surface area contributed by atoms with Gasteiger partial charge in [0, 0.05) is 22.8 Å². The minimum Gasteiger partial charge on any atom is -0.334 e. The van der Waals surface area contributed by atoms with Gasteiger partial charge in [-0.15, -0.1) is 11.3 Å². The van der Waals surface area contributed by atoms with E-state index in [1.165, 1.54) is 36.1 Å². The number of rotatable bonds is 2. The average molecular weight is 328 g/mol. The number of carbonyl (C=O) groups is 1. The fraction of sp³-hybridized carbons (Fsp3) is 0.643. The van der Waals surface area contributed by atoms with Crippen LogP contribution in [0.2, 0.25) is 0 Å². The second kappa shape index (κ2) is 5.33. The van der Waals surface area contributed by atoms with Crippen molar-refractivity contribution in [3.8, 4) is 0 Å². The van der Waals surface area contributed by atoms with Crippen molar-refractivity contribution in [1.82, 2.24) is 4.90 Å². The first-order valence-electron chi connectivity index (χ1n) is 6.78. The standard InChI is InChI=1S/C14H18BrNOS/c15-9-11-5-3-7-16(11)14(17)13-8-10-4-1-2-6-12(10)18-13/h8,11H,1-7,9H2. The lowest BCUT2D eigenvalue weighted by Crippen LogP contribution is -2.35. The summed E-state index contributed by atoms with van der Waals surface area (Å²) in [6, 6.07) is 2.56. The molecule has 1 aromatic heterocycles. The van der Waals surface area contributed by atoms with Crippen molar-refractivity contribution in [3.63, 3.8) is 0 Å². The fourth-order valence-corrected chi connectivity index (χ4v) is 4.88. The number of thiophene rings is 1. The zero-order valence-electron chi connectivity index (χ0n) is 10.5. The highest BCUT2D eigenvalue weighted by molar-refractivity contribution is 9.09. The van der Waals surface area contributed by atoms with Crippen LogP contribution in [-0.4, -0.2) is 28.7 Å². The van der Waals surface area contributed by atoms with Crippen LogP contribution < -0.4 is 0 Å². The average Bonchev–Trinajstić information content (AvgIpc) is 3.03. The molecule has 0 aromatic carbocycles. The number of alkyl halides is 1. The van der Waals surface area contributed by atoms with Crippen molar-refractivity contribution in [2.75, 3.05) is 11.9 Å². The predicted molar refractivity (Wildman–Crippen MR) is 78.8 cm³/mol. The maximum Gasteiger partial charge on any atom is 0.264 e. The Labute approximate surface area is 120 Å². The number of nitrogens with zero attached hydrogens (tertiary/aromatic N) is 1. The summed E-state index contributed by atoms with van der Waals surface area (Å²) in [5.74, 6) is 0.261. The van der Waals surface area contributed by atoms with Gasteiger partial charge in [0.15, 0.2) is 0 Å². The van der Waals surface area contributed by atoms with E-state index >= 15 is 0 Å². The Kier molecular flexibility index (Phi) is 3.76. The molecule has 0 spiro atoms. The van der Waals surface area contributed by atoms with Crippen LogP contribution in [-0.2, 0) is 12.8 Å². The fourth-order valence-electron chi connectivity index (χ4n) is 3.00. The van der Waals surface area contributed by atoms with Gasteiger partial charge < -0.3 is 4.90 Å². The zero-order valence-corrected chi connectivity index (χ0v) is 12.9. The van der Waals surface area contributed by atoms with Crippen molar-refractivity contribution in [2.45, 2.75) is 44.6 Å². The van der Waals surface area contributed by atoms with Crippen molar-refractivity contribution in [1.29, 1.82) is 0 Å². The lowest BCUT2D eigenvalue weighted by molar-refractivity contribution is 0.0755. The van der Waals surface area contributed by atoms with E-state index in [-0.39, 0.29) is 5.91 Å². The monoisotopic (exact) mass is 327 g/mol. The van der Waals surface area contributed by atoms with Gasteiger partial charge in [-0.3, -0.25) is 4.79 Å². The van der Waals surface area contributed by atoms with E-state index in [4.69, 9.17) is 0 Å². The minimum atomic E-state index is 0.261. The van der Waals surface area contributed by atoms with E-state index in [9.17, 15) is 4.79 Å². The molecule has 4 heteroatoms. The van der Waals surface area contributed by atoms with Crippen LogP contribution in [0.1, 0.15) is 45.8 Å². The van der Waals surface area contributed by atoms with Crippen molar-refractivity contribution >= 4 is 33.2 Å². The Bertz CT molecular complexity index is 433. The number of carbonyl (C=O) groups excluding carboxylic acids is 1. The minimum absolute atomic E-state index is 0.261. The second-order valence-electron chi connectivity index (χ2n) is 5.22. The number of amides is 1. The van der Waals surface area contributed by atoms with E-state index in [2.05, 4.69) is 26.9 Å². The molecule has 1 amide bonds. The first kappa shape index (κ1) is 12.7. The molecular weight excluding hydrogens is 310 g/mol. The summed E-state index contributed by atoms with van der Waals surface area (Å²) in [6.07, 6.45) is 7.20. The Morgan fingerprint density at radius 2 is 2.22 bits per heavy atom. The molecule has 1 unspecified atom stereocenters. The molecule has 1 saturated heterocycles. The Morgan fingerprint density at radius 1 is 1.39 bits per heavy atom. The maximum atomic E-state index is 12.5. The third-order valence-corrected chi connectivity index (χ3v) is 6.00. The first-order valence-corrected chi connectivity index (χ1v) is 8.72. The van der Waals surface area contributed by atoms with Crippen molar-refractivity contribution < 1.29 is 4.79 Å². The SMILES string of the molecule is O=C(c1cc2c(s1)CCCC2)N1CCCC1CBr. The highest BCUT2D eigenvalue weighted by Crippen LogP contribution is 2.31. The first-order chi connectivity index (χ1) is 8.79. The Balaban J connectivity index is 1.81. The quantitative estimate of drug-likeness (QED) is 0.759. The van der Waals surface area contributed by atoms with E-state index in [0.29, 0.717) is 6.04 Å². The molecule has 0 N–H and O–H groups in total. The van der Waals surface area contributed by atoms with Gasteiger partial charge in [0.2, 0.25) is 0 Å². The summed E-state index contributed by atoms with van der Waals surface area (Å²) in [4.78, 5) is 17.0. The van der Waals surface area contributed by atoms with Gasteiger partial charge in [0.05, 0.1) is 4.88 Å². The third-order valence-electron chi connectivity index (χ3n) is 4.02. The van der Waals surface area contributed by atoms with Gasteiger partial charge in [0.1, 0.15) is 0 Å². The lowest BCUT2D eigenvalue weighted by Gasteiger charge is -2.22. The summed E-state index contributed by atoms with van der Waals surface area (Å²) >= 11 is 5.26. The van der Waals surface area contributed by atoms with Gasteiger partial charge in [-0.1, -0.05) is 15.9 Å². The number of aryl methyl sites for hydroxylation is 2. The van der Waals surface area contributed by atoms with Gasteiger partial charge in [-0.2, -0.15) is 0 Å². The smallest absolute Gasteiger partial charge is 0.264 e. The molecule has 1 aliphatic carbocycles. The zero-order chi connectivity index (χ0) is 12.5. The highest BCUT2D eigenvalue weighted by atomic mass is 79.9. The van der Waals surface area contributed by atoms with E-state index in [0.717, 1.165) is 29.6 Å². The van der Waals surface area contributed by atoms with Crippen LogP contribution in [0.15, 0.2) is 6.07 Å². The number of hydrogen-bond donors (Lipinski definition) is 0. The van der Waals surface area contributed by atoms with E-state index in [1.54, 1.807) is 11.3 Å². The van der Waals surface area contributed by atoms with Gasteiger partial charge in [-0.05, 0) is 50.2 Å². The van der Waals surface area contributed by atoms with Gasteiger partial charge >= 0.3 is 0 Å². The van der Waals surface area contributed by atoms with Crippen LogP contribution in [0.25, 0.3) is 0 Å². The van der Waals surface area contributed by atoms with Crippen LogP contribution in [0.3, 0.4) is 0 Å². The summed E-state index contributed by atoms with van der Waals surface area (Å²) in [5, 5.41) is 0.907. The topological polar surface area (TPSA) is 20.3 Å². The van der Waals surface area contributed by atoms with Gasteiger partial charge in [0.25, 0.3) is 5.91 Å². The third kappa shape index (κ3) is 2.25. The summed E-state index contributed by atoms with van der Waals surface area (Å²) in [6.45, 7) is 0.928. The number of fused-ring (bicyclic) bond motifs is 1. The highest BCUT2D eigenvalue weighted by Gasteiger charge is 2.30. The van der Waals surface area contributed by atoms with Gasteiger partial charge in [-0.25, -0.2) is 0 Å². The lowest BCUT2D eigenvalue weighted by atomic mass is 9.99. The van der Waals surface area contributed by atoms with Crippen LogP contribution >= 0.6 is 27.3 Å². The Hall–Kier alpha value is -0.350. The molecule has 0 saturated carbocycles. The molecule has 18 heavy (non-hydrogen) atoms. The normalized spacial score (nSPS) is 23.2. The second-order valence-corrected chi connectivity index (χ2v) is 7.00. The van der Waals surface area contributed by atoms with Crippen molar-refractivity contribution in [3.05, 3.63) is 21.4 Å². The molecule has 0 radical (unpaired) electrons. The van der Waals surface area contributed by atoms with E-state index in [1.807, 2.05) is 0 Å². The van der Waals surface area contributed by atoms with Crippen molar-refractivity contribution in [2.24, 2.45) is 0 Å². The molecule has 1 atom stereocenters. The molecule has 0 bridgehead atoms. The molecular formula is C14H18BrNOS. The number of halogens is 1. The van der Waals surface area contributed by atoms with Crippen LogP contribution in [0, 0.1) is 0 Å². The molecule has 1 aromatic rings. The molecule has 1 aliphatic heterocycles. The summed E-state index contributed by atoms with van der Waals surface area (Å²) in [7, 11) is 0. The predicted octanol–water partition coefficient (Wildman–Crippen LogP) is 3.63. The van der Waals surface area contributed by atoms with E-state index < -0.39 is 0 Å². The van der Waals surface area contributed by atoms with Crippen LogP contribution in [0.4, 0.5) is 0 Å². The molecule has 3 rings (SSSR count).